The normalized spacial score (nSPS) is 10.8. The summed E-state index contributed by atoms with van der Waals surface area (Å²) in [4.78, 5) is 0. The highest BCUT2D eigenvalue weighted by Gasteiger charge is 1.92. The van der Waals surface area contributed by atoms with E-state index in [1.165, 1.54) is 24.0 Å². The highest BCUT2D eigenvalue weighted by molar-refractivity contribution is 5.56. The Bertz CT molecular complexity index is 737. The molecule has 0 saturated heterocycles. The first-order chi connectivity index (χ1) is 12.3. The van der Waals surface area contributed by atoms with Gasteiger partial charge in [-0.2, -0.15) is 0 Å². The van der Waals surface area contributed by atoms with Crippen molar-refractivity contribution in [2.45, 2.75) is 33.1 Å². The third-order valence-corrected chi connectivity index (χ3v) is 3.79. The van der Waals surface area contributed by atoms with Gasteiger partial charge in [-0.1, -0.05) is 61.6 Å². The lowest BCUT2D eigenvalue weighted by atomic mass is 10.1. The van der Waals surface area contributed by atoms with Crippen molar-refractivity contribution in [2.24, 2.45) is 0 Å². The van der Waals surface area contributed by atoms with Crippen molar-refractivity contribution < 1.29 is 4.74 Å². The van der Waals surface area contributed by atoms with Crippen molar-refractivity contribution in [1.82, 2.24) is 0 Å². The Morgan fingerprint density at radius 3 is 1.88 bits per heavy atom. The van der Waals surface area contributed by atoms with Crippen LogP contribution in [-0.4, -0.2) is 6.61 Å². The smallest absolute Gasteiger partial charge is 0.119 e. The Hall–Kier alpha value is -2.72. The maximum Gasteiger partial charge on any atom is 0.119 e. The molecular formula is C24H26O. The summed E-state index contributed by atoms with van der Waals surface area (Å²) >= 11 is 0. The molecule has 2 aromatic rings. The van der Waals surface area contributed by atoms with Crippen LogP contribution in [0.1, 0.15) is 43.4 Å². The second-order valence-electron chi connectivity index (χ2n) is 5.80. The van der Waals surface area contributed by atoms with Gasteiger partial charge in [0.2, 0.25) is 0 Å². The molecule has 1 heteroatoms. The molecule has 0 fully saturated rings. The Kier molecular flexibility index (Phi) is 8.15. The minimum Gasteiger partial charge on any atom is -0.494 e. The van der Waals surface area contributed by atoms with E-state index in [2.05, 4.69) is 43.0 Å². The summed E-state index contributed by atoms with van der Waals surface area (Å²) in [5.41, 5.74) is 3.71. The first-order valence-electron chi connectivity index (χ1n) is 8.97. The lowest BCUT2D eigenvalue weighted by molar-refractivity contribution is 0.340. The van der Waals surface area contributed by atoms with Crippen molar-refractivity contribution in [1.29, 1.82) is 0 Å². The Balaban J connectivity index is 1.83. The first kappa shape index (κ1) is 18.6. The van der Waals surface area contributed by atoms with Crippen LogP contribution >= 0.6 is 0 Å². The average Bonchev–Trinajstić information content (AvgIpc) is 2.65. The maximum atomic E-state index is 5.43. The number of hydrogen-bond donors (Lipinski definition) is 0. The molecular weight excluding hydrogens is 304 g/mol. The van der Waals surface area contributed by atoms with E-state index < -0.39 is 0 Å². The summed E-state index contributed by atoms with van der Waals surface area (Å²) in [6.07, 6.45) is 11.5. The van der Waals surface area contributed by atoms with Crippen molar-refractivity contribution >= 4 is 12.2 Å². The molecule has 0 aliphatic heterocycles. The van der Waals surface area contributed by atoms with E-state index in [0.29, 0.717) is 6.61 Å². The third kappa shape index (κ3) is 7.14. The van der Waals surface area contributed by atoms with E-state index in [1.54, 1.807) is 0 Å². The van der Waals surface area contributed by atoms with Gasteiger partial charge < -0.3 is 4.74 Å². The molecule has 0 aliphatic rings. The molecule has 0 aliphatic carbocycles. The van der Waals surface area contributed by atoms with Crippen LogP contribution in [0.2, 0.25) is 0 Å². The summed E-state index contributed by atoms with van der Waals surface area (Å²) in [7, 11) is 0. The molecule has 0 saturated carbocycles. The molecule has 0 amide bonds. The van der Waals surface area contributed by atoms with Gasteiger partial charge in [-0.3, -0.25) is 0 Å². The molecule has 0 aromatic heterocycles. The molecule has 0 atom stereocenters. The average molecular weight is 330 g/mol. The van der Waals surface area contributed by atoms with Crippen LogP contribution in [0.3, 0.4) is 0 Å². The highest BCUT2D eigenvalue weighted by atomic mass is 16.5. The predicted molar refractivity (Wildman–Crippen MR) is 109 cm³/mol. The third-order valence-electron chi connectivity index (χ3n) is 3.79. The Labute approximate surface area is 152 Å². The summed E-state index contributed by atoms with van der Waals surface area (Å²) in [6.45, 7) is 4.90. The first-order valence-corrected chi connectivity index (χ1v) is 8.97. The fourth-order valence-corrected chi connectivity index (χ4v) is 2.39. The molecule has 25 heavy (non-hydrogen) atoms. The number of rotatable bonds is 7. The van der Waals surface area contributed by atoms with Crippen molar-refractivity contribution in [3.05, 3.63) is 77.4 Å². The van der Waals surface area contributed by atoms with Crippen LogP contribution in [0, 0.1) is 11.8 Å². The number of allylic oxidation sites excluding steroid dienone is 2. The van der Waals surface area contributed by atoms with E-state index in [0.717, 1.165) is 17.7 Å². The molecule has 0 unspecified atom stereocenters. The topological polar surface area (TPSA) is 9.23 Å². The summed E-state index contributed by atoms with van der Waals surface area (Å²) in [5.74, 6) is 6.97. The number of aryl methyl sites for hydroxylation is 1. The number of hydrogen-bond acceptors (Lipinski definition) is 1. The van der Waals surface area contributed by atoms with E-state index in [-0.39, 0.29) is 0 Å². The second kappa shape index (κ2) is 10.9. The minimum absolute atomic E-state index is 0.689. The summed E-state index contributed by atoms with van der Waals surface area (Å²) in [6, 6.07) is 16.7. The van der Waals surface area contributed by atoms with Gasteiger partial charge in [0.25, 0.3) is 0 Å². The van der Waals surface area contributed by atoms with E-state index in [4.69, 9.17) is 4.74 Å². The van der Waals surface area contributed by atoms with Crippen LogP contribution in [-0.2, 0) is 6.42 Å². The van der Waals surface area contributed by atoms with Gasteiger partial charge in [0.05, 0.1) is 6.61 Å². The lowest BCUT2D eigenvalue weighted by Crippen LogP contribution is -1.90. The van der Waals surface area contributed by atoms with Crippen LogP contribution in [0.25, 0.3) is 12.2 Å². The highest BCUT2D eigenvalue weighted by Crippen LogP contribution is 2.13. The zero-order valence-corrected chi connectivity index (χ0v) is 15.2. The number of ether oxygens (including phenoxy) is 1. The SMILES string of the molecule is CCCCc1ccc(/C=C/C#C/C=C/c2ccc(OCC)cc2)cc1. The van der Waals surface area contributed by atoms with Gasteiger partial charge in [-0.15, -0.1) is 0 Å². The van der Waals surface area contributed by atoms with Crippen LogP contribution in [0.4, 0.5) is 0 Å². The van der Waals surface area contributed by atoms with Crippen molar-refractivity contribution in [2.75, 3.05) is 6.61 Å². The van der Waals surface area contributed by atoms with Crippen molar-refractivity contribution in [3.63, 3.8) is 0 Å². The number of benzene rings is 2. The maximum absolute atomic E-state index is 5.43. The molecule has 0 spiro atoms. The standard InChI is InChI=1S/C24H26O/c1-3-5-10-21-13-15-22(16-14-21)11-8-6-7-9-12-23-17-19-24(20-18-23)25-4-2/h8-9,11-20H,3-5,10H2,1-2H3/b11-8+,12-9+. The van der Waals surface area contributed by atoms with Gasteiger partial charge in [0, 0.05) is 0 Å². The molecule has 0 bridgehead atoms. The molecule has 2 aromatic carbocycles. The minimum atomic E-state index is 0.689. The van der Waals surface area contributed by atoms with Crippen LogP contribution < -0.4 is 4.74 Å². The fourth-order valence-electron chi connectivity index (χ4n) is 2.39. The van der Waals surface area contributed by atoms with Crippen LogP contribution in [0.15, 0.2) is 60.7 Å². The Morgan fingerprint density at radius 1 is 0.800 bits per heavy atom. The molecule has 1 nitrogen and oxygen atoms in total. The quantitative estimate of drug-likeness (QED) is 0.553. The predicted octanol–water partition coefficient (Wildman–Crippen LogP) is 6.16. The molecule has 0 radical (unpaired) electrons. The zero-order chi connectivity index (χ0) is 17.7. The van der Waals surface area contributed by atoms with Gasteiger partial charge in [0.1, 0.15) is 5.75 Å². The number of unbranched alkanes of at least 4 members (excludes halogenated alkanes) is 1. The van der Waals surface area contributed by atoms with E-state index >= 15 is 0 Å². The van der Waals surface area contributed by atoms with Crippen molar-refractivity contribution in [3.8, 4) is 17.6 Å². The molecule has 2 rings (SSSR count). The zero-order valence-electron chi connectivity index (χ0n) is 15.2. The van der Waals surface area contributed by atoms with Crippen LogP contribution in [0.5, 0.6) is 5.75 Å². The molecule has 0 heterocycles. The monoisotopic (exact) mass is 330 g/mol. The summed E-state index contributed by atoms with van der Waals surface area (Å²) in [5, 5.41) is 0. The van der Waals surface area contributed by atoms with E-state index in [1.807, 2.05) is 55.5 Å². The molecule has 0 N–H and O–H groups in total. The summed E-state index contributed by atoms with van der Waals surface area (Å²) < 4.78 is 5.43. The molecule has 128 valence electrons. The Morgan fingerprint density at radius 2 is 1.36 bits per heavy atom. The lowest BCUT2D eigenvalue weighted by Gasteiger charge is -2.01. The largest absolute Gasteiger partial charge is 0.494 e. The van der Waals surface area contributed by atoms with Gasteiger partial charge in [0.15, 0.2) is 0 Å². The van der Waals surface area contributed by atoms with Gasteiger partial charge in [-0.25, -0.2) is 0 Å². The second-order valence-corrected chi connectivity index (χ2v) is 5.80. The van der Waals surface area contributed by atoms with Gasteiger partial charge >= 0.3 is 0 Å². The van der Waals surface area contributed by atoms with Gasteiger partial charge in [-0.05, 0) is 72.9 Å². The van der Waals surface area contributed by atoms with E-state index in [9.17, 15) is 0 Å². The fraction of sp³-hybridized carbons (Fsp3) is 0.250.